The number of carbonyl (C=O) groups excluding carboxylic acids is 1. The maximum absolute atomic E-state index is 11.7. The van der Waals surface area contributed by atoms with E-state index in [1.807, 2.05) is 18.2 Å². The molecule has 0 aliphatic carbocycles. The molecule has 1 aromatic carbocycles. The Bertz CT molecular complexity index is 496. The highest BCUT2D eigenvalue weighted by Crippen LogP contribution is 2.27. The first-order valence-corrected chi connectivity index (χ1v) is 6.18. The molecule has 0 saturated carbocycles. The van der Waals surface area contributed by atoms with Gasteiger partial charge in [-0.25, -0.2) is 9.59 Å². The van der Waals surface area contributed by atoms with Crippen LogP contribution in [0.3, 0.4) is 0 Å². The maximum atomic E-state index is 11.7. The molecule has 1 heterocycles. The Morgan fingerprint density at radius 1 is 1.40 bits per heavy atom. The molecule has 0 amide bonds. The largest absolute Gasteiger partial charge is 0.479 e. The van der Waals surface area contributed by atoms with Crippen LogP contribution in [0, 0.1) is 0 Å². The summed E-state index contributed by atoms with van der Waals surface area (Å²) in [4.78, 5) is 22.9. The van der Waals surface area contributed by atoms with E-state index in [4.69, 9.17) is 14.2 Å². The van der Waals surface area contributed by atoms with Crippen molar-refractivity contribution in [3.63, 3.8) is 0 Å². The van der Waals surface area contributed by atoms with Crippen LogP contribution in [0.15, 0.2) is 30.3 Å². The fourth-order valence-electron chi connectivity index (χ4n) is 1.91. The number of ether oxygens (including phenoxy) is 3. The standard InChI is InChI=1S/C14H16O6/c1-14(2)19-11(13(17)20-14)10(12(15)16)18-8-9-6-4-3-5-7-9/h3-7,10-11H,8H2,1-2H3,(H,15,16)/t10-,11?/m1/s1. The normalized spacial score (nSPS) is 22.3. The van der Waals surface area contributed by atoms with Gasteiger partial charge < -0.3 is 19.3 Å². The SMILES string of the molecule is CC1(C)OC(=O)C([C@@H](OCc2ccccc2)C(=O)O)O1. The molecule has 1 unspecified atom stereocenters. The van der Waals surface area contributed by atoms with Crippen molar-refractivity contribution < 1.29 is 28.9 Å². The van der Waals surface area contributed by atoms with E-state index in [2.05, 4.69) is 0 Å². The summed E-state index contributed by atoms with van der Waals surface area (Å²) < 4.78 is 15.5. The molecule has 0 aromatic heterocycles. The van der Waals surface area contributed by atoms with Gasteiger partial charge in [0, 0.05) is 13.8 Å². The van der Waals surface area contributed by atoms with Crippen molar-refractivity contribution in [2.24, 2.45) is 0 Å². The Morgan fingerprint density at radius 3 is 2.55 bits per heavy atom. The Hall–Kier alpha value is -1.92. The third kappa shape index (κ3) is 3.34. The van der Waals surface area contributed by atoms with Gasteiger partial charge in [-0.2, -0.15) is 0 Å². The zero-order valence-corrected chi connectivity index (χ0v) is 11.2. The minimum atomic E-state index is -1.40. The van der Waals surface area contributed by atoms with Crippen molar-refractivity contribution in [2.75, 3.05) is 0 Å². The fourth-order valence-corrected chi connectivity index (χ4v) is 1.91. The van der Waals surface area contributed by atoms with E-state index in [1.54, 1.807) is 26.0 Å². The minimum Gasteiger partial charge on any atom is -0.479 e. The molecule has 1 aliphatic heterocycles. The number of carboxylic acids is 1. The molecule has 1 aliphatic rings. The molecule has 0 spiro atoms. The van der Waals surface area contributed by atoms with Crippen LogP contribution >= 0.6 is 0 Å². The third-order valence-electron chi connectivity index (χ3n) is 2.78. The van der Waals surface area contributed by atoms with E-state index in [0.29, 0.717) is 0 Å². The monoisotopic (exact) mass is 280 g/mol. The predicted molar refractivity (Wildman–Crippen MR) is 67.7 cm³/mol. The van der Waals surface area contributed by atoms with Crippen molar-refractivity contribution >= 4 is 11.9 Å². The van der Waals surface area contributed by atoms with Gasteiger partial charge in [0.2, 0.25) is 5.79 Å². The number of hydrogen-bond acceptors (Lipinski definition) is 5. The van der Waals surface area contributed by atoms with Gasteiger partial charge in [-0.3, -0.25) is 0 Å². The van der Waals surface area contributed by atoms with Gasteiger partial charge in [0.25, 0.3) is 0 Å². The molecule has 1 aromatic rings. The number of aliphatic carboxylic acids is 1. The first kappa shape index (κ1) is 14.5. The fraction of sp³-hybridized carbons (Fsp3) is 0.429. The predicted octanol–water partition coefficient (Wildman–Crippen LogP) is 1.33. The smallest absolute Gasteiger partial charge is 0.341 e. The highest BCUT2D eigenvalue weighted by atomic mass is 16.8. The lowest BCUT2D eigenvalue weighted by Crippen LogP contribution is -2.41. The van der Waals surface area contributed by atoms with E-state index < -0.39 is 29.9 Å². The maximum Gasteiger partial charge on any atom is 0.341 e. The van der Waals surface area contributed by atoms with Gasteiger partial charge in [0.15, 0.2) is 12.2 Å². The molecule has 108 valence electrons. The quantitative estimate of drug-likeness (QED) is 0.819. The molecule has 2 rings (SSSR count). The second-order valence-electron chi connectivity index (χ2n) is 4.91. The number of cyclic esters (lactones) is 1. The lowest BCUT2D eigenvalue weighted by atomic mass is 10.2. The molecule has 20 heavy (non-hydrogen) atoms. The molecule has 6 heteroatoms. The van der Waals surface area contributed by atoms with Crippen molar-refractivity contribution in [3.8, 4) is 0 Å². The Morgan fingerprint density at radius 2 is 2.05 bits per heavy atom. The van der Waals surface area contributed by atoms with E-state index in [1.165, 1.54) is 0 Å². The summed E-state index contributed by atoms with van der Waals surface area (Å²) in [5.74, 6) is -3.12. The number of carboxylic acid groups (broad SMARTS) is 1. The topological polar surface area (TPSA) is 82.1 Å². The number of rotatable bonds is 5. The van der Waals surface area contributed by atoms with Crippen LogP contribution in [0.2, 0.25) is 0 Å². The average molecular weight is 280 g/mol. The zero-order valence-electron chi connectivity index (χ0n) is 11.2. The lowest BCUT2D eigenvalue weighted by Gasteiger charge is -2.19. The van der Waals surface area contributed by atoms with Gasteiger partial charge in [-0.1, -0.05) is 30.3 Å². The first-order valence-electron chi connectivity index (χ1n) is 6.18. The average Bonchev–Trinajstić information content (AvgIpc) is 2.64. The first-order chi connectivity index (χ1) is 9.39. The lowest BCUT2D eigenvalue weighted by molar-refractivity contribution is -0.176. The number of carbonyl (C=O) groups is 2. The molecule has 1 N–H and O–H groups in total. The molecule has 6 nitrogen and oxygen atoms in total. The highest BCUT2D eigenvalue weighted by Gasteiger charge is 2.48. The van der Waals surface area contributed by atoms with Crippen LogP contribution in [0.5, 0.6) is 0 Å². The van der Waals surface area contributed by atoms with Crippen LogP contribution in [0.1, 0.15) is 19.4 Å². The van der Waals surface area contributed by atoms with E-state index in [0.717, 1.165) is 5.56 Å². The van der Waals surface area contributed by atoms with Crippen LogP contribution < -0.4 is 0 Å². The van der Waals surface area contributed by atoms with Gasteiger partial charge in [-0.05, 0) is 5.56 Å². The summed E-state index contributed by atoms with van der Waals surface area (Å²) in [5, 5.41) is 9.19. The van der Waals surface area contributed by atoms with E-state index in [9.17, 15) is 14.7 Å². The third-order valence-corrected chi connectivity index (χ3v) is 2.78. The molecule has 0 radical (unpaired) electrons. The van der Waals surface area contributed by atoms with Crippen molar-refractivity contribution in [2.45, 2.75) is 38.4 Å². The number of benzene rings is 1. The number of hydrogen-bond donors (Lipinski definition) is 1. The summed E-state index contributed by atoms with van der Waals surface area (Å²) in [6.45, 7) is 3.16. The zero-order chi connectivity index (χ0) is 14.8. The van der Waals surface area contributed by atoms with Gasteiger partial charge in [0.05, 0.1) is 6.61 Å². The van der Waals surface area contributed by atoms with Gasteiger partial charge in [0.1, 0.15) is 0 Å². The molecular formula is C14H16O6. The van der Waals surface area contributed by atoms with Crippen molar-refractivity contribution in [1.29, 1.82) is 0 Å². The summed E-state index contributed by atoms with van der Waals surface area (Å²) in [5.41, 5.74) is 0.810. The number of esters is 1. The molecule has 1 fully saturated rings. The Kier molecular flexibility index (Phi) is 4.06. The summed E-state index contributed by atoms with van der Waals surface area (Å²) in [6.07, 6.45) is -2.66. The van der Waals surface area contributed by atoms with Gasteiger partial charge in [-0.15, -0.1) is 0 Å². The Balaban J connectivity index is 2.05. The summed E-state index contributed by atoms with van der Waals surface area (Å²) in [7, 11) is 0. The van der Waals surface area contributed by atoms with E-state index >= 15 is 0 Å². The van der Waals surface area contributed by atoms with Crippen LogP contribution in [0.4, 0.5) is 0 Å². The second kappa shape index (κ2) is 5.60. The summed E-state index contributed by atoms with van der Waals surface area (Å²) in [6, 6.07) is 9.08. The van der Waals surface area contributed by atoms with Crippen molar-refractivity contribution in [3.05, 3.63) is 35.9 Å². The Labute approximate surface area is 116 Å². The van der Waals surface area contributed by atoms with Crippen LogP contribution in [-0.2, 0) is 30.4 Å². The van der Waals surface area contributed by atoms with Gasteiger partial charge >= 0.3 is 11.9 Å². The minimum absolute atomic E-state index is 0.0748. The van der Waals surface area contributed by atoms with E-state index in [-0.39, 0.29) is 6.61 Å². The molecule has 0 bridgehead atoms. The molecular weight excluding hydrogens is 264 g/mol. The summed E-state index contributed by atoms with van der Waals surface area (Å²) >= 11 is 0. The molecule has 2 atom stereocenters. The van der Waals surface area contributed by atoms with Crippen molar-refractivity contribution in [1.82, 2.24) is 0 Å². The highest BCUT2D eigenvalue weighted by molar-refractivity contribution is 5.85. The van der Waals surface area contributed by atoms with Crippen LogP contribution in [-0.4, -0.2) is 35.0 Å². The second-order valence-corrected chi connectivity index (χ2v) is 4.91. The van der Waals surface area contributed by atoms with Crippen LogP contribution in [0.25, 0.3) is 0 Å². The molecule has 1 saturated heterocycles.